The van der Waals surface area contributed by atoms with Crippen LogP contribution in [0.5, 0.6) is 17.2 Å². The molecule has 0 saturated carbocycles. The van der Waals surface area contributed by atoms with Gasteiger partial charge < -0.3 is 73.6 Å². The van der Waals surface area contributed by atoms with Crippen molar-refractivity contribution in [3.63, 3.8) is 0 Å². The molecule has 16 aromatic rings. The number of nitrogens with two attached hydrogens (primary N) is 3. The molecule has 20 N–H and O–H groups in total. The molecular weight excluding hydrogens is 1920 g/mol. The number of aromatic hydroxyl groups is 3. The van der Waals surface area contributed by atoms with Crippen molar-refractivity contribution in [2.45, 2.75) is 51.0 Å². The van der Waals surface area contributed by atoms with Gasteiger partial charge in [-0.05, 0) is 230 Å². The summed E-state index contributed by atoms with van der Waals surface area (Å²) in [4.78, 5) is 50.1. The van der Waals surface area contributed by atoms with E-state index in [1.807, 2.05) is 55.5 Å². The fraction of sp³-hybridized carbons (Fsp3) is 0.143. The zero-order chi connectivity index (χ0) is 104. The van der Waals surface area contributed by atoms with Crippen LogP contribution >= 0.6 is 0 Å². The molecule has 46 heteroatoms. The van der Waals surface area contributed by atoms with E-state index < -0.39 is 48.2 Å². The smallest absolute Gasteiger partial charge is 0.335 e. The molecule has 0 fully saturated rings. The molecule has 0 spiro atoms. The lowest BCUT2D eigenvalue weighted by Gasteiger charge is -2.17. The Morgan fingerprint density at radius 3 is 1.12 bits per heavy atom. The number of phenols is 3. The maximum Gasteiger partial charge on any atom is 0.335 e. The number of benzene rings is 15. The van der Waals surface area contributed by atoms with Gasteiger partial charge in [-0.1, -0.05) is 85.8 Å². The van der Waals surface area contributed by atoms with Crippen LogP contribution in [0.1, 0.15) is 56.8 Å². The fourth-order valence-electron chi connectivity index (χ4n) is 14.0. The number of azo groups is 6. The third kappa shape index (κ3) is 27.4. The molecule has 0 unspecified atom stereocenters. The van der Waals surface area contributed by atoms with Crippen LogP contribution < -0.4 is 37.5 Å². The van der Waals surface area contributed by atoms with Gasteiger partial charge in [-0.25, -0.2) is 27.6 Å². The number of rotatable bonds is 30. The minimum atomic E-state index is -4.53. The lowest BCUT2D eigenvalue weighted by Crippen LogP contribution is -2.25. The first-order valence-electron chi connectivity index (χ1n) is 43.3. The number of carboxylic acids is 3. The predicted molar refractivity (Wildman–Crippen MR) is 546 cm³/mol. The van der Waals surface area contributed by atoms with E-state index in [1.54, 1.807) is 161 Å². The van der Waals surface area contributed by atoms with Gasteiger partial charge in [0.25, 0.3) is 20.2 Å². The van der Waals surface area contributed by atoms with Crippen LogP contribution in [0, 0.1) is 20.8 Å². The van der Waals surface area contributed by atoms with Gasteiger partial charge in [-0.3, -0.25) is 19.2 Å². The molecule has 144 heavy (non-hydrogen) atoms. The monoisotopic (exact) mass is 2010 g/mol. The minimum absolute atomic E-state index is 0.0272. The van der Waals surface area contributed by atoms with E-state index in [0.29, 0.717) is 119 Å². The second-order valence-corrected chi connectivity index (χ2v) is 36.4. The molecule has 0 atom stereocenters. The summed E-state index contributed by atoms with van der Waals surface area (Å²) < 4.78 is 90.0. The SMILES string of the molecule is CCNS(=O)(=O)CC.CN(CCO)c1nc(NCCO)nc(NCC(=O)O)n1.Cc1cc2ccc(N)cc2c(O)c1N=Nc1ccc(N=Nc2ccc(COO)cc2)c2ccc(S(=O)(=O)O)cc12.Cc1cc2ccc(N)cc2c(O)c1N=Nc1ccc(N=Nc2cccc(C(=O)O)c2)c2ccc(S(=O)(=O)O)cc12.Cc1cc2ccc(N)cc2c(O)c1N=Nc1ccc(N=Nc2cccc(C(=O)O)c2)c2ccccc12. The van der Waals surface area contributed by atoms with Gasteiger partial charge in [0.1, 0.15) is 30.2 Å². The Morgan fingerprint density at radius 2 is 0.778 bits per heavy atom. The zero-order valence-corrected chi connectivity index (χ0v) is 79.8. The van der Waals surface area contributed by atoms with Crippen molar-refractivity contribution in [2.75, 3.05) is 84.9 Å². The van der Waals surface area contributed by atoms with E-state index >= 15 is 0 Å². The Kier molecular flexibility index (Phi) is 34.8. The summed E-state index contributed by atoms with van der Waals surface area (Å²) in [6.45, 7) is 9.39. The zero-order valence-electron chi connectivity index (χ0n) is 77.4. The predicted octanol–water partition coefficient (Wildman–Crippen LogP) is 21.3. The number of phenolic OH excluding ortho intramolecular Hbond substituents is 3. The van der Waals surface area contributed by atoms with Crippen molar-refractivity contribution in [1.29, 1.82) is 0 Å². The molecule has 0 bridgehead atoms. The number of aliphatic hydroxyl groups excluding tert-OH is 2. The highest BCUT2D eigenvalue weighted by atomic mass is 32.2. The lowest BCUT2D eigenvalue weighted by molar-refractivity contribution is -0.253. The summed E-state index contributed by atoms with van der Waals surface area (Å²) in [6, 6.07) is 65.7. The number of hydrogen-bond donors (Lipinski definition) is 17. The molecule has 16 rings (SSSR count). The molecule has 0 aliphatic carbocycles. The van der Waals surface area contributed by atoms with Crippen molar-refractivity contribution in [1.82, 2.24) is 19.7 Å². The Hall–Kier alpha value is -17.4. The van der Waals surface area contributed by atoms with Crippen LogP contribution in [-0.2, 0) is 46.5 Å². The van der Waals surface area contributed by atoms with Gasteiger partial charge in [-0.2, -0.15) is 47.1 Å². The first-order valence-corrected chi connectivity index (χ1v) is 47.8. The highest BCUT2D eigenvalue weighted by Crippen LogP contribution is 2.47. The molecule has 1 aromatic heterocycles. The van der Waals surface area contributed by atoms with Crippen molar-refractivity contribution in [2.24, 2.45) is 61.4 Å². The van der Waals surface area contributed by atoms with E-state index in [2.05, 4.69) is 96.6 Å². The molecule has 0 aliphatic rings. The first-order chi connectivity index (χ1) is 68.7. The number of aromatic carboxylic acids is 2. The third-order valence-corrected chi connectivity index (χ3v) is 24.3. The topological polar surface area (TPSA) is 690 Å². The molecule has 0 amide bonds. The Labute approximate surface area is 821 Å². The van der Waals surface area contributed by atoms with Crippen molar-refractivity contribution in [3.8, 4) is 17.2 Å². The normalized spacial score (nSPS) is 11.8. The van der Waals surface area contributed by atoms with Crippen molar-refractivity contribution < 1.29 is 99.7 Å². The summed E-state index contributed by atoms with van der Waals surface area (Å²) >= 11 is 0. The van der Waals surface area contributed by atoms with Gasteiger partial charge in [0, 0.05) is 92.2 Å². The summed E-state index contributed by atoms with van der Waals surface area (Å²) in [5, 5.41) is 150. The van der Waals surface area contributed by atoms with E-state index in [1.165, 1.54) is 72.8 Å². The van der Waals surface area contributed by atoms with Gasteiger partial charge in [0.2, 0.25) is 27.9 Å². The van der Waals surface area contributed by atoms with Crippen LogP contribution in [0.3, 0.4) is 0 Å². The van der Waals surface area contributed by atoms with Gasteiger partial charge in [0.15, 0.2) is 17.2 Å². The summed E-state index contributed by atoms with van der Waals surface area (Å²) in [7, 11) is -10.3. The number of aliphatic hydroxyl groups is 2. The number of nitrogens with zero attached hydrogens (tertiary/aromatic N) is 16. The van der Waals surface area contributed by atoms with Crippen LogP contribution in [-0.4, -0.2) is 166 Å². The molecule has 0 saturated heterocycles. The van der Waals surface area contributed by atoms with Crippen LogP contribution in [0.4, 0.5) is 103 Å². The second-order valence-electron chi connectivity index (χ2n) is 31.4. The second kappa shape index (κ2) is 47.5. The number of anilines is 6. The minimum Gasteiger partial charge on any atom is -0.505 e. The van der Waals surface area contributed by atoms with Crippen molar-refractivity contribution >= 4 is 216 Å². The lowest BCUT2D eigenvalue weighted by atomic mass is 10.0. The molecule has 740 valence electrons. The number of sulfonamides is 1. The number of nitrogens with one attached hydrogen (secondary N) is 3. The molecular formula is C98H94N22O21S3. The largest absolute Gasteiger partial charge is 0.505 e. The number of aryl methyl sites for hydroxylation is 3. The number of likely N-dealkylation sites (N-methyl/N-ethyl adjacent to an activating group) is 1. The highest BCUT2D eigenvalue weighted by molar-refractivity contribution is 7.89. The number of fused-ring (bicyclic) bond motifs is 6. The highest BCUT2D eigenvalue weighted by Gasteiger charge is 2.22. The molecule has 0 aliphatic heterocycles. The summed E-state index contributed by atoms with van der Waals surface area (Å²) in [5.41, 5.74) is 26.8. The molecule has 43 nitrogen and oxygen atoms in total. The standard InChI is InChI=1S/C28H23N5O6S.C28H21N5O6S.C28H21N5O3.C10H18N6O4.C4H11NO2S/c1-16-12-18-4-5-19(29)13-23(18)28(34)27(16)33-32-26-11-10-25(22-9-8-21(14-24(22)26)40(36,37)38)31-30-20-6-2-17(3-7-20)15-39-35;1-15-11-16-5-6-18(29)13-22(16)27(34)26(15)33-32-25-10-9-24(21-8-7-20(14-23(21)25)40(37,38)39)31-30-19-4-2-3-17(12-19)28(35)36;1-16-13-17-9-10-19(29)15-23(17)27(34)26(16)33-32-25-12-11-24(21-7-2-3-8-22(21)25)31-30-20-6-4-5-18(14-20)28(35)36;1-16(3-5-18)10-14-8(11-2-4-17)13-9(15-10)12-6-7(19)20;1-3-5-8(6,7)4-2/h2-14,34-35H,15,29H2,1H3,(H,36,37,38);2-14,34H,29H2,1H3,(H,35,36)(H,37,38,39);2-15,34H,29H2,1H3,(H,35,36);17-18H,2-6H2,1H3,(H,19,20)(H2,11,12,13,14,15);5H,3-4H2,1-2H3. The van der Waals surface area contributed by atoms with Crippen LogP contribution in [0.15, 0.2) is 314 Å². The maximum atomic E-state index is 11.9. The number of nitrogen functional groups attached to an aromatic ring is 3. The van der Waals surface area contributed by atoms with E-state index in [0.717, 1.165) is 38.1 Å². The van der Waals surface area contributed by atoms with Gasteiger partial charge in [0.05, 0.1) is 91.1 Å². The first kappa shape index (κ1) is 106. The number of aliphatic carboxylic acids is 1. The van der Waals surface area contributed by atoms with Crippen LogP contribution in [0.2, 0.25) is 0 Å². The number of hydrogen-bond acceptors (Lipinski definition) is 37. The van der Waals surface area contributed by atoms with Gasteiger partial charge >= 0.3 is 17.9 Å². The van der Waals surface area contributed by atoms with E-state index in [9.17, 15) is 74.3 Å². The molecule has 0 radical (unpaired) electrons. The Morgan fingerprint density at radius 1 is 0.403 bits per heavy atom. The number of carboxylic acid groups (broad SMARTS) is 3. The number of aromatic nitrogens is 3. The fourth-order valence-corrected chi connectivity index (χ4v) is 15.7. The number of carbonyl (C=O) groups is 3. The Balaban J connectivity index is 0.000000170. The summed E-state index contributed by atoms with van der Waals surface area (Å²) in [6.07, 6.45) is 0. The Bertz CT molecular complexity index is 8150. The molecule has 15 aromatic carbocycles. The van der Waals surface area contributed by atoms with Crippen LogP contribution in [0.25, 0.3) is 64.6 Å². The maximum absolute atomic E-state index is 11.9. The van der Waals surface area contributed by atoms with E-state index in [-0.39, 0.29) is 123 Å². The van der Waals surface area contributed by atoms with E-state index in [4.69, 9.17) is 37.8 Å². The summed E-state index contributed by atoms with van der Waals surface area (Å²) in [5.74, 6) is -2.58. The molecule has 1 heterocycles. The van der Waals surface area contributed by atoms with Crippen molar-refractivity contribution in [3.05, 3.63) is 276 Å². The quantitative estimate of drug-likeness (QED) is 0.00653. The average molecular weight is 2010 g/mol. The average Bonchev–Trinajstić information content (AvgIpc) is 0.774. The third-order valence-electron chi connectivity index (χ3n) is 21.1. The van der Waals surface area contributed by atoms with Gasteiger partial charge in [-0.15, -0.1) is 46.0 Å².